The summed E-state index contributed by atoms with van der Waals surface area (Å²) >= 11 is 4.95. The van der Waals surface area contributed by atoms with Crippen LogP contribution in [0.25, 0.3) is 0 Å². The quantitative estimate of drug-likeness (QED) is 0.724. The second kappa shape index (κ2) is 5.78. The summed E-state index contributed by atoms with van der Waals surface area (Å²) in [6, 6.07) is 0.239. The highest BCUT2D eigenvalue weighted by atomic mass is 32.1. The summed E-state index contributed by atoms with van der Waals surface area (Å²) in [4.78, 5) is 14.4. The number of carbonyl (C=O) groups excluding carboxylic acids is 1. The van der Waals surface area contributed by atoms with Crippen LogP contribution in [-0.4, -0.2) is 40.1 Å². The number of carbonyl (C=O) groups is 1. The summed E-state index contributed by atoms with van der Waals surface area (Å²) < 4.78 is 0. The molecule has 0 bridgehead atoms. The fraction of sp³-hybridized carbons (Fsp3) is 0.833. The Morgan fingerprint density at radius 3 is 2.41 bits per heavy atom. The first-order valence-electron chi connectivity index (χ1n) is 6.13. The van der Waals surface area contributed by atoms with Crippen molar-refractivity contribution < 1.29 is 9.90 Å². The van der Waals surface area contributed by atoms with Crippen molar-refractivity contribution in [2.24, 2.45) is 11.1 Å². The molecule has 4 nitrogen and oxygen atoms in total. The molecule has 98 valence electrons. The monoisotopic (exact) mass is 258 g/mol. The van der Waals surface area contributed by atoms with Crippen LogP contribution in [0.15, 0.2) is 0 Å². The van der Waals surface area contributed by atoms with Gasteiger partial charge in [0, 0.05) is 12.6 Å². The van der Waals surface area contributed by atoms with Crippen LogP contribution in [0.4, 0.5) is 0 Å². The summed E-state index contributed by atoms with van der Waals surface area (Å²) in [5.74, 6) is -0.0639. The Balaban J connectivity index is 2.82. The summed E-state index contributed by atoms with van der Waals surface area (Å²) in [7, 11) is 0. The molecular formula is C12H22N2O2S. The number of aliphatic hydroxyl groups excluding tert-OH is 1. The van der Waals surface area contributed by atoms with E-state index >= 15 is 0 Å². The molecule has 1 amide bonds. The van der Waals surface area contributed by atoms with E-state index in [9.17, 15) is 4.79 Å². The summed E-state index contributed by atoms with van der Waals surface area (Å²) in [5, 5.41) is 9.09. The summed E-state index contributed by atoms with van der Waals surface area (Å²) in [6.07, 6.45) is 4.32. The predicted octanol–water partition coefficient (Wildman–Crippen LogP) is 1.06. The Bertz CT molecular complexity index is 299. The van der Waals surface area contributed by atoms with Gasteiger partial charge in [-0.1, -0.05) is 25.1 Å². The van der Waals surface area contributed by atoms with Gasteiger partial charge >= 0.3 is 0 Å². The highest BCUT2D eigenvalue weighted by molar-refractivity contribution is 7.80. The van der Waals surface area contributed by atoms with Crippen molar-refractivity contribution in [2.45, 2.75) is 45.6 Å². The van der Waals surface area contributed by atoms with Crippen molar-refractivity contribution in [3.8, 4) is 0 Å². The van der Waals surface area contributed by atoms with E-state index in [1.54, 1.807) is 18.7 Å². The topological polar surface area (TPSA) is 66.6 Å². The van der Waals surface area contributed by atoms with Crippen LogP contribution < -0.4 is 5.73 Å². The van der Waals surface area contributed by atoms with Crippen LogP contribution in [0.2, 0.25) is 0 Å². The standard InChI is InChI=1S/C12H22N2O2S/c1-12(2,10(13)17)11(16)14(7-8-15)9-5-3-4-6-9/h9,15H,3-8H2,1-2H3,(H2,13,17). The summed E-state index contributed by atoms with van der Waals surface area (Å²) in [6.45, 7) is 3.85. The minimum Gasteiger partial charge on any atom is -0.395 e. The van der Waals surface area contributed by atoms with Gasteiger partial charge < -0.3 is 15.7 Å². The zero-order chi connectivity index (χ0) is 13.1. The van der Waals surface area contributed by atoms with Crippen LogP contribution in [0.5, 0.6) is 0 Å². The van der Waals surface area contributed by atoms with E-state index in [0.717, 1.165) is 25.7 Å². The van der Waals surface area contributed by atoms with E-state index in [4.69, 9.17) is 23.1 Å². The Labute approximate surface area is 108 Å². The Morgan fingerprint density at radius 1 is 1.47 bits per heavy atom. The third kappa shape index (κ3) is 3.16. The molecule has 1 aliphatic carbocycles. The number of nitrogens with zero attached hydrogens (tertiary/aromatic N) is 1. The molecule has 3 N–H and O–H groups in total. The minimum absolute atomic E-state index is 0.0182. The largest absolute Gasteiger partial charge is 0.395 e. The van der Waals surface area contributed by atoms with Crippen molar-refractivity contribution in [3.63, 3.8) is 0 Å². The van der Waals surface area contributed by atoms with Gasteiger partial charge in [-0.3, -0.25) is 4.79 Å². The van der Waals surface area contributed by atoms with E-state index in [2.05, 4.69) is 0 Å². The molecule has 0 aromatic heterocycles. The Hall–Kier alpha value is -0.680. The Kier molecular flexibility index (Phi) is 4.89. The van der Waals surface area contributed by atoms with Gasteiger partial charge in [0.05, 0.1) is 17.0 Å². The normalized spacial score (nSPS) is 17.1. The third-order valence-corrected chi connectivity index (χ3v) is 4.03. The molecule has 1 saturated carbocycles. The lowest BCUT2D eigenvalue weighted by molar-refractivity contribution is -0.139. The van der Waals surface area contributed by atoms with Crippen LogP contribution in [-0.2, 0) is 4.79 Å². The maximum atomic E-state index is 12.4. The van der Waals surface area contributed by atoms with Gasteiger partial charge in [0.25, 0.3) is 0 Å². The van der Waals surface area contributed by atoms with Gasteiger partial charge in [-0.2, -0.15) is 0 Å². The zero-order valence-corrected chi connectivity index (χ0v) is 11.4. The number of aliphatic hydroxyl groups is 1. The predicted molar refractivity (Wildman–Crippen MR) is 71.6 cm³/mol. The molecular weight excluding hydrogens is 236 g/mol. The first-order valence-corrected chi connectivity index (χ1v) is 6.54. The van der Waals surface area contributed by atoms with Crippen molar-refractivity contribution in [2.75, 3.05) is 13.2 Å². The first-order chi connectivity index (χ1) is 7.91. The highest BCUT2D eigenvalue weighted by Crippen LogP contribution is 2.28. The SMILES string of the molecule is CC(C)(C(=O)N(CCO)C1CCCC1)C(N)=S. The van der Waals surface area contributed by atoms with E-state index in [1.807, 2.05) is 0 Å². The molecule has 0 aromatic rings. The van der Waals surface area contributed by atoms with Crippen LogP contribution in [0.1, 0.15) is 39.5 Å². The lowest BCUT2D eigenvalue weighted by Crippen LogP contribution is -2.51. The van der Waals surface area contributed by atoms with Crippen molar-refractivity contribution in [1.82, 2.24) is 4.90 Å². The van der Waals surface area contributed by atoms with Crippen molar-refractivity contribution in [1.29, 1.82) is 0 Å². The van der Waals surface area contributed by atoms with E-state index in [1.165, 1.54) is 0 Å². The number of rotatable bonds is 5. The van der Waals surface area contributed by atoms with Gasteiger partial charge in [-0.05, 0) is 26.7 Å². The molecule has 0 radical (unpaired) electrons. The molecule has 0 aliphatic heterocycles. The van der Waals surface area contributed by atoms with Gasteiger partial charge in [-0.15, -0.1) is 0 Å². The van der Waals surface area contributed by atoms with Gasteiger partial charge in [-0.25, -0.2) is 0 Å². The molecule has 1 rings (SSSR count). The van der Waals surface area contributed by atoms with E-state index in [0.29, 0.717) is 6.54 Å². The number of hydrogen-bond donors (Lipinski definition) is 2. The van der Waals surface area contributed by atoms with E-state index in [-0.39, 0.29) is 23.5 Å². The average molecular weight is 258 g/mol. The van der Waals surface area contributed by atoms with Crippen molar-refractivity contribution >= 4 is 23.1 Å². The molecule has 0 atom stereocenters. The number of nitrogens with two attached hydrogens (primary N) is 1. The van der Waals surface area contributed by atoms with Gasteiger partial charge in [0.15, 0.2) is 0 Å². The summed E-state index contributed by atoms with van der Waals surface area (Å²) in [5.41, 5.74) is 4.80. The third-order valence-electron chi connectivity index (χ3n) is 3.52. The number of hydrogen-bond acceptors (Lipinski definition) is 3. The molecule has 5 heteroatoms. The molecule has 1 fully saturated rings. The molecule has 1 aliphatic rings. The molecule has 0 heterocycles. The van der Waals surface area contributed by atoms with Crippen LogP contribution in [0, 0.1) is 5.41 Å². The average Bonchev–Trinajstić information content (AvgIpc) is 2.77. The highest BCUT2D eigenvalue weighted by Gasteiger charge is 2.38. The second-order valence-electron chi connectivity index (χ2n) is 5.15. The maximum Gasteiger partial charge on any atom is 0.235 e. The Morgan fingerprint density at radius 2 is 2.00 bits per heavy atom. The molecule has 0 unspecified atom stereocenters. The van der Waals surface area contributed by atoms with Crippen LogP contribution >= 0.6 is 12.2 Å². The molecule has 17 heavy (non-hydrogen) atoms. The smallest absolute Gasteiger partial charge is 0.235 e. The second-order valence-corrected chi connectivity index (χ2v) is 5.59. The fourth-order valence-corrected chi connectivity index (χ4v) is 2.33. The first kappa shape index (κ1) is 14.4. The van der Waals surface area contributed by atoms with Gasteiger partial charge in [0.1, 0.15) is 0 Å². The van der Waals surface area contributed by atoms with Gasteiger partial charge in [0.2, 0.25) is 5.91 Å². The molecule has 0 aromatic carbocycles. The lowest BCUT2D eigenvalue weighted by atomic mass is 9.90. The number of amides is 1. The lowest BCUT2D eigenvalue weighted by Gasteiger charge is -2.35. The minimum atomic E-state index is -0.826. The van der Waals surface area contributed by atoms with Crippen molar-refractivity contribution in [3.05, 3.63) is 0 Å². The molecule has 0 saturated heterocycles. The zero-order valence-electron chi connectivity index (χ0n) is 10.6. The van der Waals surface area contributed by atoms with Crippen LogP contribution in [0.3, 0.4) is 0 Å². The van der Waals surface area contributed by atoms with E-state index < -0.39 is 5.41 Å². The maximum absolute atomic E-state index is 12.4. The fourth-order valence-electron chi connectivity index (χ4n) is 2.24. The number of thiocarbonyl (C=S) groups is 1. The molecule has 0 spiro atoms.